The zero-order valence-electron chi connectivity index (χ0n) is 12.4. The van der Waals surface area contributed by atoms with E-state index in [1.807, 2.05) is 6.07 Å². The SMILES string of the molecule is N#Cc1ccccc1NC(=O)CCN1CCCC(C(N)=O)C1. The van der Waals surface area contributed by atoms with Crippen molar-refractivity contribution in [1.82, 2.24) is 4.90 Å². The van der Waals surface area contributed by atoms with Crippen LogP contribution in [0, 0.1) is 17.2 Å². The molecule has 3 N–H and O–H groups in total. The van der Waals surface area contributed by atoms with Gasteiger partial charge in [0.05, 0.1) is 17.2 Å². The largest absolute Gasteiger partial charge is 0.369 e. The van der Waals surface area contributed by atoms with Crippen LogP contribution in [0.2, 0.25) is 0 Å². The molecule has 1 atom stereocenters. The van der Waals surface area contributed by atoms with Crippen molar-refractivity contribution in [2.75, 3.05) is 25.0 Å². The monoisotopic (exact) mass is 300 g/mol. The highest BCUT2D eigenvalue weighted by molar-refractivity contribution is 5.92. The molecule has 6 nitrogen and oxygen atoms in total. The minimum atomic E-state index is -0.267. The highest BCUT2D eigenvalue weighted by atomic mass is 16.2. The van der Waals surface area contributed by atoms with E-state index in [1.54, 1.807) is 24.3 Å². The second-order valence-corrected chi connectivity index (χ2v) is 5.50. The number of carbonyl (C=O) groups is 2. The van der Waals surface area contributed by atoms with Crippen molar-refractivity contribution in [2.45, 2.75) is 19.3 Å². The second-order valence-electron chi connectivity index (χ2n) is 5.50. The Hall–Kier alpha value is -2.39. The number of nitrogens with two attached hydrogens (primary N) is 1. The van der Waals surface area contributed by atoms with Gasteiger partial charge in [-0.1, -0.05) is 12.1 Å². The lowest BCUT2D eigenvalue weighted by Crippen LogP contribution is -2.42. The number of hydrogen-bond donors (Lipinski definition) is 2. The summed E-state index contributed by atoms with van der Waals surface area (Å²) in [6.45, 7) is 2.09. The Balaban J connectivity index is 1.83. The summed E-state index contributed by atoms with van der Waals surface area (Å²) in [4.78, 5) is 25.3. The first kappa shape index (κ1) is 16.0. The molecule has 0 bridgehead atoms. The van der Waals surface area contributed by atoms with Crippen LogP contribution < -0.4 is 11.1 Å². The third-order valence-corrected chi connectivity index (χ3v) is 3.88. The first-order valence-electron chi connectivity index (χ1n) is 7.41. The Morgan fingerprint density at radius 1 is 1.41 bits per heavy atom. The molecule has 0 radical (unpaired) electrons. The Morgan fingerprint density at radius 2 is 2.18 bits per heavy atom. The smallest absolute Gasteiger partial charge is 0.225 e. The molecule has 1 fully saturated rings. The minimum Gasteiger partial charge on any atom is -0.369 e. The number of nitriles is 1. The van der Waals surface area contributed by atoms with E-state index in [0.29, 0.717) is 30.8 Å². The maximum atomic E-state index is 12.0. The molecule has 1 unspecified atom stereocenters. The first-order valence-corrected chi connectivity index (χ1v) is 7.41. The molecular weight excluding hydrogens is 280 g/mol. The van der Waals surface area contributed by atoms with Gasteiger partial charge in [-0.15, -0.1) is 0 Å². The van der Waals surface area contributed by atoms with Gasteiger partial charge in [-0.3, -0.25) is 9.59 Å². The number of benzene rings is 1. The molecule has 0 spiro atoms. The van der Waals surface area contributed by atoms with Gasteiger partial charge in [0, 0.05) is 19.5 Å². The fourth-order valence-corrected chi connectivity index (χ4v) is 2.65. The molecule has 2 rings (SSSR count). The van der Waals surface area contributed by atoms with Crippen molar-refractivity contribution in [3.8, 4) is 6.07 Å². The summed E-state index contributed by atoms with van der Waals surface area (Å²) >= 11 is 0. The minimum absolute atomic E-state index is 0.115. The van der Waals surface area contributed by atoms with Crippen LogP contribution in [-0.2, 0) is 9.59 Å². The van der Waals surface area contributed by atoms with Gasteiger partial charge in [0.1, 0.15) is 6.07 Å². The number of para-hydroxylation sites is 1. The number of piperidine rings is 1. The summed E-state index contributed by atoms with van der Waals surface area (Å²) < 4.78 is 0. The number of carbonyl (C=O) groups excluding carboxylic acids is 2. The van der Waals surface area contributed by atoms with Crippen molar-refractivity contribution in [3.05, 3.63) is 29.8 Å². The topological polar surface area (TPSA) is 99.2 Å². The molecule has 1 aromatic rings. The van der Waals surface area contributed by atoms with Gasteiger partial charge in [0.2, 0.25) is 11.8 Å². The van der Waals surface area contributed by atoms with Gasteiger partial charge in [0.15, 0.2) is 0 Å². The van der Waals surface area contributed by atoms with Gasteiger partial charge in [-0.2, -0.15) is 5.26 Å². The summed E-state index contributed by atoms with van der Waals surface area (Å²) in [5, 5.41) is 11.7. The number of anilines is 1. The van der Waals surface area contributed by atoms with Crippen molar-refractivity contribution < 1.29 is 9.59 Å². The van der Waals surface area contributed by atoms with Crippen LogP contribution >= 0.6 is 0 Å². The standard InChI is InChI=1S/C16H20N4O2/c17-10-12-4-1-2-6-14(12)19-15(21)7-9-20-8-3-5-13(11-20)16(18)22/h1-2,4,6,13H,3,5,7-9,11H2,(H2,18,22)(H,19,21). The average Bonchev–Trinajstić information content (AvgIpc) is 2.53. The van der Waals surface area contributed by atoms with Crippen LogP contribution in [0.3, 0.4) is 0 Å². The fraction of sp³-hybridized carbons (Fsp3) is 0.438. The van der Waals surface area contributed by atoms with Crippen molar-refractivity contribution in [2.24, 2.45) is 11.7 Å². The molecule has 0 saturated carbocycles. The molecule has 6 heteroatoms. The molecule has 1 saturated heterocycles. The van der Waals surface area contributed by atoms with Crippen LogP contribution in [-0.4, -0.2) is 36.3 Å². The number of amides is 2. The number of nitrogens with zero attached hydrogens (tertiary/aromatic N) is 2. The van der Waals surface area contributed by atoms with Crippen molar-refractivity contribution >= 4 is 17.5 Å². The van der Waals surface area contributed by atoms with Gasteiger partial charge in [-0.05, 0) is 31.5 Å². The average molecular weight is 300 g/mol. The third-order valence-electron chi connectivity index (χ3n) is 3.88. The molecule has 1 aromatic carbocycles. The van der Waals surface area contributed by atoms with E-state index < -0.39 is 0 Å². The fourth-order valence-electron chi connectivity index (χ4n) is 2.65. The quantitative estimate of drug-likeness (QED) is 0.850. The van der Waals surface area contributed by atoms with Crippen LogP contribution in [0.25, 0.3) is 0 Å². The third kappa shape index (κ3) is 4.30. The Kier molecular flexibility index (Phi) is 5.50. The number of rotatable bonds is 5. The molecule has 1 heterocycles. The van der Waals surface area contributed by atoms with Crippen LogP contribution in [0.15, 0.2) is 24.3 Å². The number of nitrogens with one attached hydrogen (secondary N) is 1. The van der Waals surface area contributed by atoms with Crippen LogP contribution in [0.4, 0.5) is 5.69 Å². The van der Waals surface area contributed by atoms with E-state index in [1.165, 1.54) is 0 Å². The molecule has 2 amide bonds. The maximum Gasteiger partial charge on any atom is 0.225 e. The van der Waals surface area contributed by atoms with Gasteiger partial charge in [-0.25, -0.2) is 0 Å². The van der Waals surface area contributed by atoms with Gasteiger partial charge >= 0.3 is 0 Å². The molecule has 1 aliphatic rings. The lowest BCUT2D eigenvalue weighted by Gasteiger charge is -2.30. The lowest BCUT2D eigenvalue weighted by atomic mass is 9.97. The number of primary amides is 1. The van der Waals surface area contributed by atoms with E-state index in [4.69, 9.17) is 11.0 Å². The van der Waals surface area contributed by atoms with Gasteiger partial charge < -0.3 is 16.0 Å². The first-order chi connectivity index (χ1) is 10.6. The lowest BCUT2D eigenvalue weighted by molar-refractivity contribution is -0.123. The molecular formula is C16H20N4O2. The Bertz CT molecular complexity index is 594. The molecule has 1 aliphatic heterocycles. The summed E-state index contributed by atoms with van der Waals surface area (Å²) in [5.41, 5.74) is 6.32. The summed E-state index contributed by atoms with van der Waals surface area (Å²) in [6, 6.07) is 8.95. The van der Waals surface area contributed by atoms with E-state index in [9.17, 15) is 9.59 Å². The van der Waals surface area contributed by atoms with Crippen molar-refractivity contribution in [3.63, 3.8) is 0 Å². The van der Waals surface area contributed by atoms with Crippen LogP contribution in [0.1, 0.15) is 24.8 Å². The Morgan fingerprint density at radius 3 is 2.91 bits per heavy atom. The normalized spacial score (nSPS) is 18.4. The molecule has 0 aliphatic carbocycles. The highest BCUT2D eigenvalue weighted by Crippen LogP contribution is 2.17. The predicted octanol–water partition coefficient (Wildman–Crippen LogP) is 1.08. The second kappa shape index (κ2) is 7.57. The number of hydrogen-bond acceptors (Lipinski definition) is 4. The summed E-state index contributed by atoms with van der Waals surface area (Å²) in [6.07, 6.45) is 2.07. The Labute approximate surface area is 129 Å². The van der Waals surface area contributed by atoms with E-state index >= 15 is 0 Å². The zero-order valence-corrected chi connectivity index (χ0v) is 12.4. The highest BCUT2D eigenvalue weighted by Gasteiger charge is 2.24. The summed E-state index contributed by atoms with van der Waals surface area (Å²) in [5.74, 6) is -0.517. The molecule has 22 heavy (non-hydrogen) atoms. The zero-order chi connectivity index (χ0) is 15.9. The predicted molar refractivity (Wildman–Crippen MR) is 82.8 cm³/mol. The van der Waals surface area contributed by atoms with Crippen LogP contribution in [0.5, 0.6) is 0 Å². The van der Waals surface area contributed by atoms with E-state index in [-0.39, 0.29) is 17.7 Å². The maximum absolute atomic E-state index is 12.0. The van der Waals surface area contributed by atoms with E-state index in [2.05, 4.69) is 10.2 Å². The number of likely N-dealkylation sites (tertiary alicyclic amines) is 1. The van der Waals surface area contributed by atoms with E-state index in [0.717, 1.165) is 19.4 Å². The van der Waals surface area contributed by atoms with Crippen molar-refractivity contribution in [1.29, 1.82) is 5.26 Å². The summed E-state index contributed by atoms with van der Waals surface area (Å²) in [7, 11) is 0. The molecule has 0 aromatic heterocycles. The van der Waals surface area contributed by atoms with Gasteiger partial charge in [0.25, 0.3) is 0 Å². The molecule has 116 valence electrons.